The van der Waals surface area contributed by atoms with Gasteiger partial charge in [0, 0.05) is 5.39 Å². The summed E-state index contributed by atoms with van der Waals surface area (Å²) in [5, 5.41) is 10.0. The van der Waals surface area contributed by atoms with Crippen molar-refractivity contribution >= 4 is 23.0 Å². The average Bonchev–Trinajstić information content (AvgIpc) is 2.75. The van der Waals surface area contributed by atoms with Crippen LogP contribution >= 0.6 is 0 Å². The monoisotopic (exact) mass is 303 g/mol. The number of nitrogens with zero attached hydrogens (tertiary/aromatic N) is 1. The fourth-order valence-corrected chi connectivity index (χ4v) is 2.20. The molecule has 1 heterocycles. The maximum atomic E-state index is 12.3. The molecule has 0 fully saturated rings. The number of carbonyl (C=O) groups is 2. The molecular weight excluding hydrogens is 282 g/mol. The molecule has 0 aliphatic rings. The van der Waals surface area contributed by atoms with Crippen LogP contribution in [-0.4, -0.2) is 28.3 Å². The van der Waals surface area contributed by atoms with E-state index in [1.165, 1.54) is 6.07 Å². The molecule has 5 heteroatoms. The van der Waals surface area contributed by atoms with Gasteiger partial charge in [-0.2, -0.15) is 0 Å². The van der Waals surface area contributed by atoms with E-state index in [-0.39, 0.29) is 17.7 Å². The first-order valence-corrected chi connectivity index (χ1v) is 7.21. The molecule has 0 unspecified atom stereocenters. The maximum absolute atomic E-state index is 12.3. The lowest BCUT2D eigenvalue weighted by Crippen LogP contribution is -2.20. The molecule has 0 saturated heterocycles. The number of benzene rings is 1. The van der Waals surface area contributed by atoms with E-state index in [1.807, 2.05) is 19.1 Å². The summed E-state index contributed by atoms with van der Waals surface area (Å²) in [5.74, 6) is -1.15. The van der Waals surface area contributed by atoms with Crippen molar-refractivity contribution in [2.75, 3.05) is 6.61 Å². The van der Waals surface area contributed by atoms with Gasteiger partial charge in [-0.1, -0.05) is 32.4 Å². The SMILES string of the molecule is Cc1ccc2c(c1)cc(C(=O)O)n2C(=O)OCCC(C)(C)C. The second-order valence-electron chi connectivity index (χ2n) is 6.66. The number of aromatic nitrogens is 1. The quantitative estimate of drug-likeness (QED) is 0.928. The third kappa shape index (κ3) is 3.47. The van der Waals surface area contributed by atoms with E-state index < -0.39 is 12.1 Å². The smallest absolute Gasteiger partial charge is 0.419 e. The van der Waals surface area contributed by atoms with Crippen LogP contribution in [0.15, 0.2) is 24.3 Å². The van der Waals surface area contributed by atoms with Gasteiger partial charge in [-0.05, 0) is 37.0 Å². The van der Waals surface area contributed by atoms with Crippen LogP contribution in [0.1, 0.15) is 43.2 Å². The fraction of sp³-hybridized carbons (Fsp3) is 0.412. The topological polar surface area (TPSA) is 68.5 Å². The summed E-state index contributed by atoms with van der Waals surface area (Å²) in [4.78, 5) is 23.7. The molecule has 0 aliphatic heterocycles. The number of aromatic carboxylic acids is 1. The van der Waals surface area contributed by atoms with Crippen molar-refractivity contribution in [1.82, 2.24) is 4.57 Å². The number of ether oxygens (including phenoxy) is 1. The number of carboxylic acid groups (broad SMARTS) is 1. The van der Waals surface area contributed by atoms with Crippen LogP contribution in [0.25, 0.3) is 10.9 Å². The zero-order valence-corrected chi connectivity index (χ0v) is 13.3. The molecule has 118 valence electrons. The van der Waals surface area contributed by atoms with Crippen LogP contribution in [0.4, 0.5) is 4.79 Å². The summed E-state index contributed by atoms with van der Waals surface area (Å²) in [6, 6.07) is 6.92. The van der Waals surface area contributed by atoms with Gasteiger partial charge in [-0.3, -0.25) is 0 Å². The first-order chi connectivity index (χ1) is 10.2. The Balaban J connectivity index is 2.34. The molecule has 0 saturated carbocycles. The number of hydrogen-bond acceptors (Lipinski definition) is 3. The highest BCUT2D eigenvalue weighted by molar-refractivity contribution is 6.00. The van der Waals surface area contributed by atoms with Gasteiger partial charge in [0.15, 0.2) is 0 Å². The van der Waals surface area contributed by atoms with Crippen LogP contribution in [0.2, 0.25) is 0 Å². The molecule has 2 rings (SSSR count). The van der Waals surface area contributed by atoms with Gasteiger partial charge in [-0.15, -0.1) is 0 Å². The molecule has 1 N–H and O–H groups in total. The fourth-order valence-electron chi connectivity index (χ4n) is 2.20. The molecule has 1 aromatic carbocycles. The highest BCUT2D eigenvalue weighted by Crippen LogP contribution is 2.23. The number of fused-ring (bicyclic) bond motifs is 1. The summed E-state index contributed by atoms with van der Waals surface area (Å²) in [6.45, 7) is 8.33. The van der Waals surface area contributed by atoms with E-state index in [4.69, 9.17) is 4.74 Å². The lowest BCUT2D eigenvalue weighted by atomic mass is 9.93. The first-order valence-electron chi connectivity index (χ1n) is 7.21. The molecule has 0 bridgehead atoms. The lowest BCUT2D eigenvalue weighted by Gasteiger charge is -2.17. The Hall–Kier alpha value is -2.30. The first kappa shape index (κ1) is 16.1. The zero-order chi connectivity index (χ0) is 16.5. The highest BCUT2D eigenvalue weighted by Gasteiger charge is 2.21. The highest BCUT2D eigenvalue weighted by atomic mass is 16.5. The second-order valence-corrected chi connectivity index (χ2v) is 6.66. The normalized spacial score (nSPS) is 11.6. The second kappa shape index (κ2) is 5.83. The van der Waals surface area contributed by atoms with Gasteiger partial charge in [0.2, 0.25) is 0 Å². The molecule has 2 aromatic rings. The molecule has 0 atom stereocenters. The molecule has 1 aromatic heterocycles. The Bertz CT molecular complexity index is 722. The van der Waals surface area contributed by atoms with Crippen molar-refractivity contribution in [2.24, 2.45) is 5.41 Å². The Morgan fingerprint density at radius 3 is 2.50 bits per heavy atom. The molecule has 0 amide bonds. The third-order valence-corrected chi connectivity index (χ3v) is 3.44. The minimum atomic E-state index is -1.15. The minimum absolute atomic E-state index is 0.0474. The molecule has 0 spiro atoms. The van der Waals surface area contributed by atoms with Crippen molar-refractivity contribution in [3.05, 3.63) is 35.5 Å². The summed E-state index contributed by atoms with van der Waals surface area (Å²) < 4.78 is 6.38. The number of hydrogen-bond donors (Lipinski definition) is 1. The molecule has 22 heavy (non-hydrogen) atoms. The minimum Gasteiger partial charge on any atom is -0.477 e. The Morgan fingerprint density at radius 1 is 1.23 bits per heavy atom. The summed E-state index contributed by atoms with van der Waals surface area (Å²) in [5.41, 5.74) is 1.51. The Morgan fingerprint density at radius 2 is 1.91 bits per heavy atom. The van der Waals surface area contributed by atoms with Crippen molar-refractivity contribution in [3.8, 4) is 0 Å². The third-order valence-electron chi connectivity index (χ3n) is 3.44. The molecule has 0 radical (unpaired) electrons. The summed E-state index contributed by atoms with van der Waals surface area (Å²) >= 11 is 0. The van der Waals surface area contributed by atoms with Crippen molar-refractivity contribution in [1.29, 1.82) is 0 Å². The van der Waals surface area contributed by atoms with E-state index in [0.29, 0.717) is 17.3 Å². The number of carbonyl (C=O) groups excluding carboxylic acids is 1. The molecular formula is C17H21NO4. The molecule has 5 nitrogen and oxygen atoms in total. The van der Waals surface area contributed by atoms with E-state index in [0.717, 1.165) is 10.1 Å². The van der Waals surface area contributed by atoms with Gasteiger partial charge in [-0.25, -0.2) is 14.2 Å². The van der Waals surface area contributed by atoms with Crippen LogP contribution in [0, 0.1) is 12.3 Å². The number of carboxylic acids is 1. The Labute approximate surface area is 129 Å². The van der Waals surface area contributed by atoms with Gasteiger partial charge in [0.05, 0.1) is 12.1 Å². The van der Waals surface area contributed by atoms with Gasteiger partial charge >= 0.3 is 12.1 Å². The van der Waals surface area contributed by atoms with Crippen LogP contribution < -0.4 is 0 Å². The largest absolute Gasteiger partial charge is 0.477 e. The van der Waals surface area contributed by atoms with Gasteiger partial charge in [0.1, 0.15) is 5.69 Å². The van der Waals surface area contributed by atoms with E-state index in [2.05, 4.69) is 20.8 Å². The lowest BCUT2D eigenvalue weighted by molar-refractivity contribution is 0.0680. The van der Waals surface area contributed by atoms with Crippen LogP contribution in [-0.2, 0) is 4.74 Å². The van der Waals surface area contributed by atoms with Crippen LogP contribution in [0.5, 0.6) is 0 Å². The predicted molar refractivity (Wildman–Crippen MR) is 84.5 cm³/mol. The zero-order valence-electron chi connectivity index (χ0n) is 13.3. The summed E-state index contributed by atoms with van der Waals surface area (Å²) in [6.07, 6.45) is 0.0555. The van der Waals surface area contributed by atoms with E-state index >= 15 is 0 Å². The Kier molecular flexibility index (Phi) is 4.26. The number of rotatable bonds is 3. The maximum Gasteiger partial charge on any atom is 0.419 e. The van der Waals surface area contributed by atoms with Gasteiger partial charge in [0.25, 0.3) is 0 Å². The number of aryl methyl sites for hydroxylation is 1. The summed E-state index contributed by atoms with van der Waals surface area (Å²) in [7, 11) is 0. The van der Waals surface area contributed by atoms with Crippen molar-refractivity contribution in [2.45, 2.75) is 34.1 Å². The van der Waals surface area contributed by atoms with Gasteiger partial charge < -0.3 is 9.84 Å². The standard InChI is InChI=1S/C17H21NO4/c1-11-5-6-13-12(9-11)10-14(15(19)20)18(13)16(21)22-8-7-17(2,3)4/h5-6,9-10H,7-8H2,1-4H3,(H,19,20). The average molecular weight is 303 g/mol. The molecule has 0 aliphatic carbocycles. The van der Waals surface area contributed by atoms with E-state index in [1.54, 1.807) is 6.07 Å². The van der Waals surface area contributed by atoms with Crippen LogP contribution in [0.3, 0.4) is 0 Å². The predicted octanol–water partition coefficient (Wildman–Crippen LogP) is 4.07. The van der Waals surface area contributed by atoms with Crippen molar-refractivity contribution < 1.29 is 19.4 Å². The van der Waals surface area contributed by atoms with E-state index in [9.17, 15) is 14.7 Å². The van der Waals surface area contributed by atoms with Crippen molar-refractivity contribution in [3.63, 3.8) is 0 Å².